The van der Waals surface area contributed by atoms with E-state index in [1.807, 2.05) is 0 Å². The Labute approximate surface area is 192 Å². The monoisotopic (exact) mass is 439 g/mol. The predicted molar refractivity (Wildman–Crippen MR) is 127 cm³/mol. The van der Waals surface area contributed by atoms with Gasteiger partial charge in [0.15, 0.2) is 0 Å². The zero-order valence-corrected chi connectivity index (χ0v) is 19.9. The molecule has 0 bridgehead atoms. The second-order valence-corrected chi connectivity index (χ2v) is 9.68. The molecule has 1 amide bonds. The van der Waals surface area contributed by atoms with Gasteiger partial charge in [-0.2, -0.15) is 0 Å². The van der Waals surface area contributed by atoms with Crippen molar-refractivity contribution in [2.24, 2.45) is 5.73 Å². The number of hydrogen-bond acceptors (Lipinski definition) is 4. The molecule has 1 aliphatic carbocycles. The number of nitrogens with two attached hydrogens (primary N) is 1. The van der Waals surface area contributed by atoms with Crippen molar-refractivity contribution in [3.05, 3.63) is 59.2 Å². The number of rotatable bonds is 3. The van der Waals surface area contributed by atoms with Gasteiger partial charge in [-0.3, -0.25) is 0 Å². The Kier molecular flexibility index (Phi) is 8.05. The summed E-state index contributed by atoms with van der Waals surface area (Å²) in [5.74, 6) is 2.03. The van der Waals surface area contributed by atoms with Crippen molar-refractivity contribution in [1.29, 1.82) is 0 Å². The van der Waals surface area contributed by atoms with Crippen LogP contribution in [-0.4, -0.2) is 17.8 Å². The predicted octanol–water partition coefficient (Wildman–Crippen LogP) is 6.65. The van der Waals surface area contributed by atoms with Gasteiger partial charge in [0.25, 0.3) is 0 Å². The average Bonchev–Trinajstić information content (AvgIpc) is 2.73. The highest BCUT2D eigenvalue weighted by Crippen LogP contribution is 2.38. The molecule has 5 nitrogen and oxygen atoms in total. The molecule has 0 aromatic heterocycles. The molecule has 2 aliphatic rings. The molecular formula is C27H37NO4. The van der Waals surface area contributed by atoms with Crippen LogP contribution in [0.25, 0.3) is 0 Å². The Morgan fingerprint density at radius 1 is 1.03 bits per heavy atom. The molecule has 1 saturated carbocycles. The van der Waals surface area contributed by atoms with Crippen LogP contribution in [0.4, 0.5) is 4.79 Å². The van der Waals surface area contributed by atoms with Crippen LogP contribution >= 0.6 is 0 Å². The molecule has 2 aromatic carbocycles. The molecule has 0 saturated heterocycles. The van der Waals surface area contributed by atoms with Crippen molar-refractivity contribution >= 4 is 6.09 Å². The highest BCUT2D eigenvalue weighted by Gasteiger charge is 2.23. The number of ether oxygens (including phenoxy) is 3. The van der Waals surface area contributed by atoms with E-state index in [1.165, 1.54) is 48.8 Å². The maximum atomic E-state index is 10.0. The first-order valence-electron chi connectivity index (χ1n) is 11.7. The third-order valence-electron chi connectivity index (χ3n) is 5.77. The molecule has 1 heterocycles. The van der Waals surface area contributed by atoms with Crippen molar-refractivity contribution in [2.75, 3.05) is 0 Å². The Balaban J connectivity index is 0.000000312. The fourth-order valence-corrected chi connectivity index (χ4v) is 4.28. The van der Waals surface area contributed by atoms with Gasteiger partial charge in [-0.25, -0.2) is 4.79 Å². The summed E-state index contributed by atoms with van der Waals surface area (Å²) in [6.45, 7) is 7.45. The van der Waals surface area contributed by atoms with Crippen molar-refractivity contribution in [3.8, 4) is 11.5 Å². The maximum Gasteiger partial charge on any atom is 0.405 e. The fraction of sp³-hybridized carbons (Fsp3) is 0.519. The minimum Gasteiger partial charge on any atom is -0.490 e. The van der Waals surface area contributed by atoms with Crippen LogP contribution in [0, 0.1) is 6.92 Å². The van der Waals surface area contributed by atoms with E-state index in [0.29, 0.717) is 6.10 Å². The maximum absolute atomic E-state index is 10.0. The number of carbonyl (C=O) groups excluding carboxylic acids is 1. The third-order valence-corrected chi connectivity index (χ3v) is 5.77. The average molecular weight is 440 g/mol. The number of primary amides is 1. The summed E-state index contributed by atoms with van der Waals surface area (Å²) in [4.78, 5) is 10.0. The normalized spacial score (nSPS) is 18.4. The SMILES string of the molecule is CC(C)(C)OC(N)=O.Cc1ccccc1C1CCc2cc(OC3CCCCC3)ccc2O1. The largest absolute Gasteiger partial charge is 0.490 e. The lowest BCUT2D eigenvalue weighted by Gasteiger charge is -2.28. The van der Waals surface area contributed by atoms with Crippen LogP contribution in [0.2, 0.25) is 0 Å². The molecule has 1 fully saturated rings. The highest BCUT2D eigenvalue weighted by atomic mass is 16.6. The zero-order chi connectivity index (χ0) is 23.1. The van der Waals surface area contributed by atoms with E-state index in [1.54, 1.807) is 20.8 Å². The number of amides is 1. The number of carbonyl (C=O) groups is 1. The number of fused-ring (bicyclic) bond motifs is 1. The van der Waals surface area contributed by atoms with Crippen molar-refractivity contribution in [3.63, 3.8) is 0 Å². The van der Waals surface area contributed by atoms with Crippen LogP contribution in [0.3, 0.4) is 0 Å². The number of hydrogen-bond donors (Lipinski definition) is 1. The van der Waals surface area contributed by atoms with Gasteiger partial charge >= 0.3 is 6.09 Å². The van der Waals surface area contributed by atoms with Crippen LogP contribution in [0.15, 0.2) is 42.5 Å². The van der Waals surface area contributed by atoms with Gasteiger partial charge in [-0.05, 0) is 101 Å². The quantitative estimate of drug-likeness (QED) is 0.581. The molecule has 5 heteroatoms. The van der Waals surface area contributed by atoms with E-state index in [0.717, 1.165) is 24.3 Å². The van der Waals surface area contributed by atoms with Crippen LogP contribution in [0.5, 0.6) is 11.5 Å². The van der Waals surface area contributed by atoms with E-state index < -0.39 is 11.7 Å². The smallest absolute Gasteiger partial charge is 0.405 e. The van der Waals surface area contributed by atoms with E-state index in [9.17, 15) is 4.79 Å². The van der Waals surface area contributed by atoms with Crippen molar-refractivity contribution < 1.29 is 19.0 Å². The first-order valence-corrected chi connectivity index (χ1v) is 11.7. The summed E-state index contributed by atoms with van der Waals surface area (Å²) < 4.78 is 17.1. The number of aryl methyl sites for hydroxylation is 2. The van der Waals surface area contributed by atoms with Gasteiger partial charge in [0.05, 0.1) is 6.10 Å². The molecule has 1 atom stereocenters. The second-order valence-electron chi connectivity index (χ2n) is 9.68. The summed E-state index contributed by atoms with van der Waals surface area (Å²) >= 11 is 0. The molecule has 2 aromatic rings. The highest BCUT2D eigenvalue weighted by molar-refractivity contribution is 5.65. The first-order chi connectivity index (χ1) is 15.2. The molecule has 0 spiro atoms. The molecule has 174 valence electrons. The Hall–Kier alpha value is -2.69. The summed E-state index contributed by atoms with van der Waals surface area (Å²) in [5, 5.41) is 0. The summed E-state index contributed by atoms with van der Waals surface area (Å²) in [6.07, 6.45) is 8.29. The van der Waals surface area contributed by atoms with Crippen molar-refractivity contribution in [2.45, 2.75) is 90.4 Å². The summed E-state index contributed by atoms with van der Waals surface area (Å²) in [5.41, 5.74) is 8.17. The van der Waals surface area contributed by atoms with Crippen LogP contribution in [-0.2, 0) is 11.2 Å². The van der Waals surface area contributed by atoms with Gasteiger partial charge < -0.3 is 19.9 Å². The minimum absolute atomic E-state index is 0.170. The Morgan fingerprint density at radius 3 is 2.38 bits per heavy atom. The molecule has 1 unspecified atom stereocenters. The van der Waals surface area contributed by atoms with E-state index in [4.69, 9.17) is 15.2 Å². The second kappa shape index (κ2) is 10.8. The minimum atomic E-state index is -0.725. The molecule has 32 heavy (non-hydrogen) atoms. The lowest BCUT2D eigenvalue weighted by atomic mass is 9.94. The van der Waals surface area contributed by atoms with E-state index in [2.05, 4.69) is 54.1 Å². The Bertz CT molecular complexity index is 897. The van der Waals surface area contributed by atoms with E-state index >= 15 is 0 Å². The lowest BCUT2D eigenvalue weighted by molar-refractivity contribution is 0.0600. The molecule has 1 aliphatic heterocycles. The molecule has 2 N–H and O–H groups in total. The lowest BCUT2D eigenvalue weighted by Crippen LogP contribution is -2.27. The van der Waals surface area contributed by atoms with E-state index in [-0.39, 0.29) is 6.10 Å². The standard InChI is InChI=1S/C22H26O2.C5H11NO2/c1-16-7-5-6-10-20(16)22-13-11-17-15-19(12-14-21(17)24-22)23-18-8-3-2-4-9-18;1-5(2,3)8-4(6)7/h5-7,10,12,14-15,18,22H,2-4,8-9,11,13H2,1H3;1-3H3,(H2,6,7). The van der Waals surface area contributed by atoms with Gasteiger partial charge in [0.2, 0.25) is 0 Å². The van der Waals surface area contributed by atoms with Gasteiger partial charge in [-0.15, -0.1) is 0 Å². The Morgan fingerprint density at radius 2 is 1.75 bits per heavy atom. The third kappa shape index (κ3) is 7.18. The summed E-state index contributed by atoms with van der Waals surface area (Å²) in [7, 11) is 0. The van der Waals surface area contributed by atoms with Gasteiger partial charge in [-0.1, -0.05) is 30.7 Å². The summed E-state index contributed by atoms with van der Waals surface area (Å²) in [6, 6.07) is 14.9. The van der Waals surface area contributed by atoms with Gasteiger partial charge in [0.1, 0.15) is 23.2 Å². The molecular weight excluding hydrogens is 402 g/mol. The zero-order valence-electron chi connectivity index (χ0n) is 19.9. The molecule has 0 radical (unpaired) electrons. The topological polar surface area (TPSA) is 70.8 Å². The van der Waals surface area contributed by atoms with Crippen molar-refractivity contribution in [1.82, 2.24) is 0 Å². The van der Waals surface area contributed by atoms with Crippen LogP contribution in [0.1, 0.15) is 82.1 Å². The molecule has 4 rings (SSSR count). The van der Waals surface area contributed by atoms with Crippen LogP contribution < -0.4 is 15.2 Å². The van der Waals surface area contributed by atoms with Gasteiger partial charge in [0, 0.05) is 0 Å². The first kappa shape index (κ1) is 24.0. The number of benzene rings is 2. The fourth-order valence-electron chi connectivity index (χ4n) is 4.28.